The average Bonchev–Trinajstić information content (AvgIpc) is 2.95. The highest BCUT2D eigenvalue weighted by Gasteiger charge is 2.46. The molecule has 2 aliphatic rings. The van der Waals surface area contributed by atoms with Crippen LogP contribution in [-0.2, 0) is 0 Å². The normalized spacial score (nSPS) is 25.5. The number of hydrogen-bond acceptors (Lipinski definition) is 2. The van der Waals surface area contributed by atoms with Crippen LogP contribution in [0.15, 0.2) is 24.3 Å². The third-order valence-corrected chi connectivity index (χ3v) is 3.64. The summed E-state index contributed by atoms with van der Waals surface area (Å²) in [7, 11) is 0. The summed E-state index contributed by atoms with van der Waals surface area (Å²) in [6.07, 6.45) is 1.27. The van der Waals surface area contributed by atoms with Gasteiger partial charge in [0.15, 0.2) is 0 Å². The van der Waals surface area contributed by atoms with E-state index in [9.17, 15) is 9.59 Å². The van der Waals surface area contributed by atoms with Crippen LogP contribution in [-0.4, -0.2) is 35.0 Å². The van der Waals surface area contributed by atoms with Crippen LogP contribution >= 0.6 is 0 Å². The summed E-state index contributed by atoms with van der Waals surface area (Å²) in [5.74, 6) is 0.495. The number of rotatable bonds is 2. The number of amides is 1. The Morgan fingerprint density at radius 2 is 1.59 bits per heavy atom. The van der Waals surface area contributed by atoms with Gasteiger partial charge in [0.05, 0.1) is 5.56 Å². The predicted octanol–water partition coefficient (Wildman–Crippen LogP) is 1.48. The lowest BCUT2D eigenvalue weighted by molar-refractivity contribution is 0.0694. The van der Waals surface area contributed by atoms with Crippen molar-refractivity contribution < 1.29 is 14.7 Å². The zero-order valence-corrected chi connectivity index (χ0v) is 9.30. The Labute approximate surface area is 98.9 Å². The molecule has 1 saturated heterocycles. The molecule has 0 spiro atoms. The van der Waals surface area contributed by atoms with Gasteiger partial charge in [0.1, 0.15) is 0 Å². The summed E-state index contributed by atoms with van der Waals surface area (Å²) in [6.45, 7) is 1.73. The number of carbonyl (C=O) groups is 2. The van der Waals surface area contributed by atoms with Crippen molar-refractivity contribution in [2.24, 2.45) is 11.8 Å². The van der Waals surface area contributed by atoms with E-state index in [1.54, 1.807) is 12.1 Å². The van der Waals surface area contributed by atoms with Crippen LogP contribution in [0.4, 0.5) is 0 Å². The van der Waals surface area contributed by atoms with Gasteiger partial charge in [-0.2, -0.15) is 0 Å². The lowest BCUT2D eigenvalue weighted by Crippen LogP contribution is -2.30. The standard InChI is InChI=1S/C13H13NO3/c15-12(14-6-10-5-11(10)7-14)8-1-3-9(4-2-8)13(16)17/h1-4,10-11H,5-7H2,(H,16,17). The van der Waals surface area contributed by atoms with Gasteiger partial charge in [-0.3, -0.25) is 4.79 Å². The molecule has 88 valence electrons. The Morgan fingerprint density at radius 1 is 1.06 bits per heavy atom. The molecule has 1 aromatic carbocycles. The van der Waals surface area contributed by atoms with Crippen LogP contribution in [0, 0.1) is 11.8 Å². The Morgan fingerprint density at radius 3 is 2.12 bits per heavy atom. The van der Waals surface area contributed by atoms with Crippen molar-refractivity contribution in [3.63, 3.8) is 0 Å². The van der Waals surface area contributed by atoms with Crippen molar-refractivity contribution in [2.75, 3.05) is 13.1 Å². The van der Waals surface area contributed by atoms with Gasteiger partial charge in [-0.05, 0) is 42.5 Å². The molecular weight excluding hydrogens is 218 g/mol. The smallest absolute Gasteiger partial charge is 0.335 e. The summed E-state index contributed by atoms with van der Waals surface area (Å²) in [5.41, 5.74) is 0.794. The molecule has 0 bridgehead atoms. The molecule has 1 amide bonds. The van der Waals surface area contributed by atoms with Crippen molar-refractivity contribution >= 4 is 11.9 Å². The second kappa shape index (κ2) is 3.58. The average molecular weight is 231 g/mol. The minimum atomic E-state index is -0.966. The molecular formula is C13H13NO3. The number of fused-ring (bicyclic) bond motifs is 1. The topological polar surface area (TPSA) is 57.6 Å². The van der Waals surface area contributed by atoms with Crippen molar-refractivity contribution in [1.82, 2.24) is 4.90 Å². The maximum absolute atomic E-state index is 12.1. The number of hydrogen-bond donors (Lipinski definition) is 1. The molecule has 17 heavy (non-hydrogen) atoms. The van der Waals surface area contributed by atoms with Gasteiger partial charge >= 0.3 is 5.97 Å². The molecule has 4 nitrogen and oxygen atoms in total. The number of aromatic carboxylic acids is 1. The Balaban J connectivity index is 1.75. The zero-order chi connectivity index (χ0) is 12.0. The van der Waals surface area contributed by atoms with Gasteiger partial charge in [-0.1, -0.05) is 0 Å². The molecule has 2 unspecified atom stereocenters. The van der Waals surface area contributed by atoms with Crippen LogP contribution in [0.1, 0.15) is 27.1 Å². The highest BCUT2D eigenvalue weighted by atomic mass is 16.4. The van der Waals surface area contributed by atoms with Gasteiger partial charge in [0.25, 0.3) is 5.91 Å². The fraction of sp³-hybridized carbons (Fsp3) is 0.385. The molecule has 1 heterocycles. The number of likely N-dealkylation sites (tertiary alicyclic amines) is 1. The first-order valence-corrected chi connectivity index (χ1v) is 5.78. The van der Waals surface area contributed by atoms with E-state index < -0.39 is 5.97 Å². The number of piperidine rings is 1. The van der Waals surface area contributed by atoms with Crippen molar-refractivity contribution in [3.05, 3.63) is 35.4 Å². The second-order valence-corrected chi connectivity index (χ2v) is 4.85. The highest BCUT2D eigenvalue weighted by Crippen LogP contribution is 2.45. The maximum atomic E-state index is 12.1. The quantitative estimate of drug-likeness (QED) is 0.838. The fourth-order valence-electron chi connectivity index (χ4n) is 2.50. The molecule has 0 radical (unpaired) electrons. The van der Waals surface area contributed by atoms with Crippen LogP contribution in [0.2, 0.25) is 0 Å². The molecule has 1 aliphatic carbocycles. The minimum absolute atomic E-state index is 0.0224. The summed E-state index contributed by atoms with van der Waals surface area (Å²) >= 11 is 0. The largest absolute Gasteiger partial charge is 0.478 e. The van der Waals surface area contributed by atoms with E-state index >= 15 is 0 Å². The highest BCUT2D eigenvalue weighted by molar-refractivity contribution is 5.96. The predicted molar refractivity (Wildman–Crippen MR) is 60.9 cm³/mol. The first-order chi connectivity index (χ1) is 8.15. The summed E-state index contributed by atoms with van der Waals surface area (Å²) in [6, 6.07) is 6.14. The van der Waals surface area contributed by atoms with E-state index in [4.69, 9.17) is 5.11 Å². The first-order valence-electron chi connectivity index (χ1n) is 5.78. The van der Waals surface area contributed by atoms with Gasteiger partial charge in [-0.25, -0.2) is 4.79 Å². The molecule has 1 saturated carbocycles. The van der Waals surface area contributed by atoms with Gasteiger partial charge in [-0.15, -0.1) is 0 Å². The van der Waals surface area contributed by atoms with E-state index in [0.717, 1.165) is 24.9 Å². The lowest BCUT2D eigenvalue weighted by atomic mass is 10.1. The number of carbonyl (C=O) groups excluding carboxylic acids is 1. The Bertz CT molecular complexity index is 470. The molecule has 1 aromatic rings. The first kappa shape index (κ1) is 10.3. The van der Waals surface area contributed by atoms with Crippen molar-refractivity contribution in [2.45, 2.75) is 6.42 Å². The summed E-state index contributed by atoms with van der Waals surface area (Å²) in [4.78, 5) is 24.6. The molecule has 2 fully saturated rings. The Kier molecular flexibility index (Phi) is 2.18. The van der Waals surface area contributed by atoms with Crippen molar-refractivity contribution in [1.29, 1.82) is 0 Å². The number of carboxylic acid groups (broad SMARTS) is 1. The van der Waals surface area contributed by atoms with E-state index in [0.29, 0.717) is 5.56 Å². The van der Waals surface area contributed by atoms with Crippen LogP contribution in [0.5, 0.6) is 0 Å². The van der Waals surface area contributed by atoms with Gasteiger partial charge < -0.3 is 10.0 Å². The van der Waals surface area contributed by atoms with Gasteiger partial charge in [0, 0.05) is 18.7 Å². The lowest BCUT2D eigenvalue weighted by Gasteiger charge is -2.17. The number of carboxylic acids is 1. The van der Waals surface area contributed by atoms with E-state index in [1.807, 2.05) is 4.90 Å². The number of benzene rings is 1. The minimum Gasteiger partial charge on any atom is -0.478 e. The second-order valence-electron chi connectivity index (χ2n) is 4.85. The zero-order valence-electron chi connectivity index (χ0n) is 9.30. The van der Waals surface area contributed by atoms with Crippen LogP contribution < -0.4 is 0 Å². The summed E-state index contributed by atoms with van der Waals surface area (Å²) < 4.78 is 0. The van der Waals surface area contributed by atoms with Crippen LogP contribution in [0.25, 0.3) is 0 Å². The summed E-state index contributed by atoms with van der Waals surface area (Å²) in [5, 5.41) is 8.77. The van der Waals surface area contributed by atoms with E-state index in [1.165, 1.54) is 18.6 Å². The SMILES string of the molecule is O=C(O)c1ccc(C(=O)N2CC3CC3C2)cc1. The third kappa shape index (κ3) is 1.79. The Hall–Kier alpha value is -1.84. The molecule has 1 N–H and O–H groups in total. The van der Waals surface area contributed by atoms with Gasteiger partial charge in [0.2, 0.25) is 0 Å². The third-order valence-electron chi connectivity index (χ3n) is 3.64. The molecule has 0 aromatic heterocycles. The monoisotopic (exact) mass is 231 g/mol. The molecule has 4 heteroatoms. The van der Waals surface area contributed by atoms with Crippen LogP contribution in [0.3, 0.4) is 0 Å². The van der Waals surface area contributed by atoms with E-state index in [-0.39, 0.29) is 11.5 Å². The van der Waals surface area contributed by atoms with Crippen molar-refractivity contribution in [3.8, 4) is 0 Å². The van der Waals surface area contributed by atoms with E-state index in [2.05, 4.69) is 0 Å². The molecule has 3 rings (SSSR count). The maximum Gasteiger partial charge on any atom is 0.335 e. The fourth-order valence-corrected chi connectivity index (χ4v) is 2.50. The number of nitrogens with zero attached hydrogens (tertiary/aromatic N) is 1. The molecule has 1 aliphatic heterocycles. The molecule has 2 atom stereocenters.